The van der Waals surface area contributed by atoms with Gasteiger partial charge >= 0.3 is 0 Å². The number of hydrogen-bond donors (Lipinski definition) is 1. The first-order chi connectivity index (χ1) is 13.3. The molecule has 28 heavy (non-hydrogen) atoms. The van der Waals surface area contributed by atoms with E-state index in [0.717, 1.165) is 36.3 Å². The van der Waals surface area contributed by atoms with E-state index >= 15 is 0 Å². The van der Waals surface area contributed by atoms with Gasteiger partial charge in [0.05, 0.1) is 6.54 Å². The predicted octanol–water partition coefficient (Wildman–Crippen LogP) is 3.80. The summed E-state index contributed by atoms with van der Waals surface area (Å²) < 4.78 is 56.3. The van der Waals surface area contributed by atoms with Crippen molar-refractivity contribution < 1.29 is 22.0 Å². The molecule has 152 valence electrons. The average molecular weight is 429 g/mol. The number of sulfonamides is 1. The van der Waals surface area contributed by atoms with Gasteiger partial charge in [0.15, 0.2) is 0 Å². The summed E-state index contributed by atoms with van der Waals surface area (Å²) in [5.41, 5.74) is -0.243. The van der Waals surface area contributed by atoms with Crippen molar-refractivity contribution in [1.29, 1.82) is 0 Å². The highest BCUT2D eigenvalue weighted by Gasteiger charge is 2.35. The minimum Gasteiger partial charge on any atom is -0.351 e. The molecule has 1 aliphatic rings. The van der Waals surface area contributed by atoms with Crippen molar-refractivity contribution in [3.05, 3.63) is 52.4 Å². The Labute approximate surface area is 167 Å². The zero-order valence-electron chi connectivity index (χ0n) is 15.5. The number of hydrogen-bond acceptors (Lipinski definition) is 4. The molecule has 0 radical (unpaired) electrons. The Balaban J connectivity index is 1.92. The van der Waals surface area contributed by atoms with Crippen LogP contribution in [0.2, 0.25) is 0 Å². The fourth-order valence-corrected chi connectivity index (χ4v) is 6.44. The van der Waals surface area contributed by atoms with Crippen molar-refractivity contribution in [2.45, 2.75) is 55.9 Å². The second-order valence-electron chi connectivity index (χ2n) is 6.82. The van der Waals surface area contributed by atoms with Crippen molar-refractivity contribution in [1.82, 2.24) is 9.62 Å². The highest BCUT2D eigenvalue weighted by molar-refractivity contribution is 7.91. The molecule has 1 aromatic heterocycles. The van der Waals surface area contributed by atoms with Gasteiger partial charge in [-0.3, -0.25) is 4.79 Å². The molecule has 0 saturated heterocycles. The lowest BCUT2D eigenvalue weighted by Crippen LogP contribution is -2.38. The normalized spacial score (nSPS) is 15.3. The van der Waals surface area contributed by atoms with E-state index in [1.54, 1.807) is 6.07 Å². The summed E-state index contributed by atoms with van der Waals surface area (Å²) in [6.07, 6.45) is 3.10. The van der Waals surface area contributed by atoms with Crippen LogP contribution < -0.4 is 5.32 Å². The van der Waals surface area contributed by atoms with E-state index in [1.165, 1.54) is 23.4 Å². The lowest BCUT2D eigenvalue weighted by molar-refractivity contribution is -0.119. The number of amides is 1. The van der Waals surface area contributed by atoms with Crippen LogP contribution in [0.25, 0.3) is 0 Å². The van der Waals surface area contributed by atoms with E-state index in [1.807, 2.05) is 0 Å². The van der Waals surface area contributed by atoms with Crippen molar-refractivity contribution in [2.24, 2.45) is 0 Å². The summed E-state index contributed by atoms with van der Waals surface area (Å²) in [6.45, 7) is 1.28. The molecule has 1 fully saturated rings. The molecule has 1 aliphatic carbocycles. The van der Waals surface area contributed by atoms with Gasteiger partial charge in [-0.1, -0.05) is 18.9 Å². The second kappa shape index (κ2) is 8.67. The molecule has 0 atom stereocenters. The zero-order chi connectivity index (χ0) is 20.3. The zero-order valence-corrected chi connectivity index (χ0v) is 17.1. The van der Waals surface area contributed by atoms with Crippen LogP contribution in [0.15, 0.2) is 34.5 Å². The van der Waals surface area contributed by atoms with Crippen LogP contribution in [0.3, 0.4) is 0 Å². The second-order valence-corrected chi connectivity index (χ2v) is 10.1. The molecule has 3 rings (SSSR count). The van der Waals surface area contributed by atoms with Gasteiger partial charge in [-0.25, -0.2) is 17.2 Å². The van der Waals surface area contributed by atoms with Crippen LogP contribution in [0.5, 0.6) is 0 Å². The predicted molar refractivity (Wildman–Crippen MR) is 103 cm³/mol. The number of benzene rings is 1. The number of rotatable bonds is 7. The summed E-state index contributed by atoms with van der Waals surface area (Å²) in [7, 11) is -3.93. The van der Waals surface area contributed by atoms with Gasteiger partial charge in [-0.15, -0.1) is 11.3 Å². The first-order valence-electron chi connectivity index (χ1n) is 9.07. The number of carbonyl (C=O) groups excluding carboxylic acids is 1. The Morgan fingerprint density at radius 1 is 1.18 bits per heavy atom. The fourth-order valence-electron chi connectivity index (χ4n) is 3.36. The van der Waals surface area contributed by atoms with Crippen LogP contribution >= 0.6 is 11.3 Å². The van der Waals surface area contributed by atoms with Gasteiger partial charge in [0.25, 0.3) is 10.0 Å². The summed E-state index contributed by atoms with van der Waals surface area (Å²) in [5.74, 6) is -1.72. The van der Waals surface area contributed by atoms with Gasteiger partial charge in [0.2, 0.25) is 5.91 Å². The van der Waals surface area contributed by atoms with E-state index in [0.29, 0.717) is 17.7 Å². The van der Waals surface area contributed by atoms with E-state index in [9.17, 15) is 22.0 Å². The van der Waals surface area contributed by atoms with Crippen LogP contribution in [-0.4, -0.2) is 24.7 Å². The maximum absolute atomic E-state index is 14.2. The molecule has 1 saturated carbocycles. The highest BCUT2D eigenvalue weighted by atomic mass is 32.2. The minimum absolute atomic E-state index is 0.108. The van der Waals surface area contributed by atoms with Crippen LogP contribution in [0.1, 0.15) is 43.0 Å². The van der Waals surface area contributed by atoms with E-state index in [-0.39, 0.29) is 34.8 Å². The van der Waals surface area contributed by atoms with Crippen molar-refractivity contribution >= 4 is 27.3 Å². The molecule has 9 heteroatoms. The monoisotopic (exact) mass is 428 g/mol. The first kappa shape index (κ1) is 20.9. The van der Waals surface area contributed by atoms with Gasteiger partial charge in [0, 0.05) is 30.0 Å². The quantitative estimate of drug-likeness (QED) is 0.730. The molecular weight excluding hydrogens is 406 g/mol. The molecule has 5 nitrogen and oxygen atoms in total. The SMILES string of the molecule is CC(=O)NCc1ccc(S(=O)(=O)N(Cc2c(F)cccc2F)C2CCCC2)s1. The summed E-state index contributed by atoms with van der Waals surface area (Å²) in [4.78, 5) is 11.8. The Kier molecular flexibility index (Phi) is 6.47. The van der Waals surface area contributed by atoms with Crippen LogP contribution in [0, 0.1) is 11.6 Å². The molecular formula is C19H22F2N2O3S2. The molecule has 0 aliphatic heterocycles. The van der Waals surface area contributed by atoms with Crippen molar-refractivity contribution in [2.75, 3.05) is 0 Å². The maximum atomic E-state index is 14.2. The summed E-state index contributed by atoms with van der Waals surface area (Å²) in [5, 5.41) is 2.63. The van der Waals surface area contributed by atoms with Gasteiger partial charge in [-0.05, 0) is 37.1 Å². The standard InChI is InChI=1S/C19H22F2N2O3S2/c1-13(24)22-11-15-9-10-19(27-15)28(25,26)23(14-5-2-3-6-14)12-16-17(20)7-4-8-18(16)21/h4,7-10,14H,2-3,5-6,11-12H2,1H3,(H,22,24). The third kappa shape index (κ3) is 4.59. The Morgan fingerprint density at radius 2 is 1.82 bits per heavy atom. The number of nitrogens with one attached hydrogen (secondary N) is 1. The lowest BCUT2D eigenvalue weighted by atomic mass is 10.1. The third-order valence-corrected chi connectivity index (χ3v) is 8.27. The summed E-state index contributed by atoms with van der Waals surface area (Å²) in [6, 6.07) is 6.37. The Morgan fingerprint density at radius 3 is 2.43 bits per heavy atom. The van der Waals surface area contributed by atoms with E-state index in [4.69, 9.17) is 0 Å². The Bertz CT molecular complexity index is 934. The molecule has 1 aromatic carbocycles. The molecule has 1 heterocycles. The molecule has 1 amide bonds. The molecule has 0 unspecified atom stereocenters. The number of thiophene rings is 1. The first-order valence-corrected chi connectivity index (χ1v) is 11.3. The number of carbonyl (C=O) groups is 1. The number of halogens is 2. The highest BCUT2D eigenvalue weighted by Crippen LogP contribution is 2.33. The molecule has 2 aromatic rings. The fraction of sp³-hybridized carbons (Fsp3) is 0.421. The van der Waals surface area contributed by atoms with Crippen molar-refractivity contribution in [3.63, 3.8) is 0 Å². The van der Waals surface area contributed by atoms with Crippen molar-refractivity contribution in [3.8, 4) is 0 Å². The summed E-state index contributed by atoms with van der Waals surface area (Å²) >= 11 is 1.06. The van der Waals surface area contributed by atoms with Gasteiger partial charge < -0.3 is 5.32 Å². The average Bonchev–Trinajstić information content (AvgIpc) is 3.31. The smallest absolute Gasteiger partial charge is 0.253 e. The third-order valence-electron chi connectivity index (χ3n) is 4.82. The largest absolute Gasteiger partial charge is 0.351 e. The van der Waals surface area contributed by atoms with E-state index in [2.05, 4.69) is 5.32 Å². The maximum Gasteiger partial charge on any atom is 0.253 e. The molecule has 0 bridgehead atoms. The van der Waals surface area contributed by atoms with Gasteiger partial charge in [-0.2, -0.15) is 4.31 Å². The Hall–Kier alpha value is -1.84. The lowest BCUT2D eigenvalue weighted by Gasteiger charge is -2.28. The van der Waals surface area contributed by atoms with Crippen LogP contribution in [0.4, 0.5) is 8.78 Å². The van der Waals surface area contributed by atoms with Crippen LogP contribution in [-0.2, 0) is 27.9 Å². The van der Waals surface area contributed by atoms with Gasteiger partial charge in [0.1, 0.15) is 15.8 Å². The minimum atomic E-state index is -3.93. The van der Waals surface area contributed by atoms with E-state index < -0.39 is 21.7 Å². The molecule has 0 spiro atoms. The molecule has 1 N–H and O–H groups in total. The topological polar surface area (TPSA) is 66.5 Å². The number of nitrogens with zero attached hydrogens (tertiary/aromatic N) is 1.